The van der Waals surface area contributed by atoms with Crippen LogP contribution in [0, 0.1) is 6.92 Å². The highest BCUT2D eigenvalue weighted by molar-refractivity contribution is 7.89. The molecule has 0 spiro atoms. The number of hydrogen-bond donors (Lipinski definition) is 1. The molecule has 0 atom stereocenters. The third-order valence-corrected chi connectivity index (χ3v) is 7.45. The minimum atomic E-state index is -3.55. The summed E-state index contributed by atoms with van der Waals surface area (Å²) in [6.45, 7) is 2.85. The van der Waals surface area contributed by atoms with E-state index >= 15 is 0 Å². The van der Waals surface area contributed by atoms with Crippen molar-refractivity contribution in [3.8, 4) is 0 Å². The van der Waals surface area contributed by atoms with Gasteiger partial charge < -0.3 is 0 Å². The van der Waals surface area contributed by atoms with Crippen LogP contribution in [0.2, 0.25) is 0 Å². The van der Waals surface area contributed by atoms with E-state index in [1.807, 2.05) is 19.1 Å². The van der Waals surface area contributed by atoms with Gasteiger partial charge in [-0.1, -0.05) is 37.1 Å². The lowest BCUT2D eigenvalue weighted by Crippen LogP contribution is -2.38. The molecule has 136 valence electrons. The molecule has 0 unspecified atom stereocenters. The molecule has 1 fully saturated rings. The number of nitrogens with one attached hydrogen (secondary N) is 1. The van der Waals surface area contributed by atoms with Gasteiger partial charge in [0.2, 0.25) is 20.0 Å². The third-order valence-electron chi connectivity index (χ3n) is 4.25. The van der Waals surface area contributed by atoms with Crippen LogP contribution in [0.15, 0.2) is 24.3 Å². The highest BCUT2D eigenvalue weighted by atomic mass is 32.2. The van der Waals surface area contributed by atoms with Gasteiger partial charge in [0.15, 0.2) is 0 Å². The van der Waals surface area contributed by atoms with Gasteiger partial charge in [0, 0.05) is 19.6 Å². The second-order valence-corrected chi connectivity index (χ2v) is 10.1. The van der Waals surface area contributed by atoms with Crippen molar-refractivity contribution in [2.75, 3.05) is 25.4 Å². The summed E-state index contributed by atoms with van der Waals surface area (Å²) < 4.78 is 52.9. The Morgan fingerprint density at radius 1 is 1.00 bits per heavy atom. The van der Waals surface area contributed by atoms with Crippen LogP contribution in [-0.4, -0.2) is 46.5 Å². The summed E-state index contributed by atoms with van der Waals surface area (Å²) in [5, 5.41) is 0. The number of aryl methyl sites for hydroxylation is 1. The molecule has 24 heavy (non-hydrogen) atoms. The van der Waals surface area contributed by atoms with E-state index in [1.165, 1.54) is 4.31 Å². The van der Waals surface area contributed by atoms with Gasteiger partial charge in [-0.25, -0.2) is 25.9 Å². The SMILES string of the molecule is Cc1ccccc1CS(=O)(=O)NCCS(=O)(=O)N1CCCCCC1. The predicted octanol–water partition coefficient (Wildman–Crippen LogP) is 1.62. The maximum absolute atomic E-state index is 12.3. The Labute approximate surface area is 145 Å². The normalized spacial score (nSPS) is 17.5. The van der Waals surface area contributed by atoms with Crippen molar-refractivity contribution >= 4 is 20.0 Å². The summed E-state index contributed by atoms with van der Waals surface area (Å²) in [6, 6.07) is 7.27. The van der Waals surface area contributed by atoms with E-state index in [1.54, 1.807) is 12.1 Å². The zero-order valence-electron chi connectivity index (χ0n) is 14.1. The summed E-state index contributed by atoms with van der Waals surface area (Å²) in [7, 11) is -6.95. The van der Waals surface area contributed by atoms with E-state index < -0.39 is 20.0 Å². The number of rotatable bonds is 7. The highest BCUT2D eigenvalue weighted by Gasteiger charge is 2.23. The first-order valence-corrected chi connectivity index (χ1v) is 11.6. The van der Waals surface area contributed by atoms with Crippen molar-refractivity contribution in [2.24, 2.45) is 0 Å². The van der Waals surface area contributed by atoms with Crippen molar-refractivity contribution in [1.82, 2.24) is 9.03 Å². The fourth-order valence-electron chi connectivity index (χ4n) is 2.80. The first-order valence-electron chi connectivity index (χ1n) is 8.30. The Morgan fingerprint density at radius 3 is 2.25 bits per heavy atom. The molecular formula is C16H26N2O4S2. The number of hydrogen-bond acceptors (Lipinski definition) is 4. The fraction of sp³-hybridized carbons (Fsp3) is 0.625. The van der Waals surface area contributed by atoms with Gasteiger partial charge in [-0.05, 0) is 30.9 Å². The average Bonchev–Trinajstić information content (AvgIpc) is 2.79. The van der Waals surface area contributed by atoms with Gasteiger partial charge in [-0.2, -0.15) is 0 Å². The van der Waals surface area contributed by atoms with Gasteiger partial charge in [-0.15, -0.1) is 0 Å². The lowest BCUT2D eigenvalue weighted by molar-refractivity contribution is 0.423. The minimum Gasteiger partial charge on any atom is -0.214 e. The summed E-state index contributed by atoms with van der Waals surface area (Å²) >= 11 is 0. The summed E-state index contributed by atoms with van der Waals surface area (Å²) in [4.78, 5) is 0. The molecule has 2 rings (SSSR count). The minimum absolute atomic E-state index is 0.0902. The molecule has 8 heteroatoms. The van der Waals surface area contributed by atoms with Crippen molar-refractivity contribution in [2.45, 2.75) is 38.4 Å². The zero-order chi connectivity index (χ0) is 17.6. The molecule has 1 aromatic rings. The van der Waals surface area contributed by atoms with E-state index in [0.717, 1.165) is 36.8 Å². The molecular weight excluding hydrogens is 348 g/mol. The van der Waals surface area contributed by atoms with Crippen LogP contribution in [0.25, 0.3) is 0 Å². The highest BCUT2D eigenvalue weighted by Crippen LogP contribution is 2.14. The number of nitrogens with zero attached hydrogens (tertiary/aromatic N) is 1. The zero-order valence-corrected chi connectivity index (χ0v) is 15.7. The van der Waals surface area contributed by atoms with Gasteiger partial charge in [-0.3, -0.25) is 0 Å². The number of benzene rings is 1. The molecule has 0 saturated carbocycles. The topological polar surface area (TPSA) is 83.5 Å². The first-order chi connectivity index (χ1) is 11.3. The number of sulfonamides is 2. The monoisotopic (exact) mass is 374 g/mol. The molecule has 0 aliphatic carbocycles. The Morgan fingerprint density at radius 2 is 1.62 bits per heavy atom. The molecule has 1 saturated heterocycles. The molecule has 1 N–H and O–H groups in total. The van der Waals surface area contributed by atoms with Gasteiger partial charge >= 0.3 is 0 Å². The van der Waals surface area contributed by atoms with Gasteiger partial charge in [0.25, 0.3) is 0 Å². The molecule has 6 nitrogen and oxygen atoms in total. The van der Waals surface area contributed by atoms with Crippen molar-refractivity contribution in [1.29, 1.82) is 0 Å². The van der Waals surface area contributed by atoms with E-state index in [0.29, 0.717) is 13.1 Å². The van der Waals surface area contributed by atoms with Gasteiger partial charge in [0.1, 0.15) is 0 Å². The van der Waals surface area contributed by atoms with Crippen molar-refractivity contribution in [3.63, 3.8) is 0 Å². The van der Waals surface area contributed by atoms with Crippen molar-refractivity contribution in [3.05, 3.63) is 35.4 Å². The van der Waals surface area contributed by atoms with Crippen LogP contribution in [0.1, 0.15) is 36.8 Å². The molecule has 0 aromatic heterocycles. The quantitative estimate of drug-likeness (QED) is 0.786. The van der Waals surface area contributed by atoms with E-state index in [9.17, 15) is 16.8 Å². The molecule has 1 aliphatic rings. The summed E-state index contributed by atoms with van der Waals surface area (Å²) in [5.74, 6) is -0.330. The van der Waals surface area contributed by atoms with Gasteiger partial charge in [0.05, 0.1) is 11.5 Å². The van der Waals surface area contributed by atoms with Crippen molar-refractivity contribution < 1.29 is 16.8 Å². The van der Waals surface area contributed by atoms with Crippen LogP contribution >= 0.6 is 0 Å². The largest absolute Gasteiger partial charge is 0.215 e. The standard InChI is InChI=1S/C16H26N2O4S2/c1-15-8-4-5-9-16(15)14-23(19,20)17-10-13-24(21,22)18-11-6-2-3-7-12-18/h4-5,8-9,17H,2-3,6-7,10-14H2,1H3. The van der Waals surface area contributed by atoms with Crippen LogP contribution in [0.3, 0.4) is 0 Å². The molecule has 0 radical (unpaired) electrons. The van der Waals surface area contributed by atoms with Crippen LogP contribution in [-0.2, 0) is 25.8 Å². The Kier molecular flexibility index (Phi) is 6.79. The van der Waals surface area contributed by atoms with Crippen LogP contribution in [0.5, 0.6) is 0 Å². The van der Waals surface area contributed by atoms with E-state index in [4.69, 9.17) is 0 Å². The summed E-state index contributed by atoms with van der Waals surface area (Å²) in [5.41, 5.74) is 1.63. The lowest BCUT2D eigenvalue weighted by atomic mass is 10.1. The molecule has 1 heterocycles. The van der Waals surface area contributed by atoms with E-state index in [-0.39, 0.29) is 18.1 Å². The second kappa shape index (κ2) is 8.42. The Bertz CT molecular complexity index is 737. The van der Waals surface area contributed by atoms with Crippen LogP contribution in [0.4, 0.5) is 0 Å². The summed E-state index contributed by atoms with van der Waals surface area (Å²) in [6.07, 6.45) is 3.85. The van der Waals surface area contributed by atoms with E-state index in [2.05, 4.69) is 4.72 Å². The smallest absolute Gasteiger partial charge is 0.214 e. The third kappa shape index (κ3) is 5.84. The molecule has 1 aromatic carbocycles. The molecule has 0 amide bonds. The molecule has 1 aliphatic heterocycles. The second-order valence-electron chi connectivity index (χ2n) is 6.21. The predicted molar refractivity (Wildman–Crippen MR) is 95.6 cm³/mol. The average molecular weight is 375 g/mol. The maximum Gasteiger partial charge on any atom is 0.215 e. The maximum atomic E-state index is 12.3. The molecule has 0 bridgehead atoms. The fourth-order valence-corrected chi connectivity index (χ4v) is 5.61. The Hall–Kier alpha value is -0.960. The Balaban J connectivity index is 1.89. The lowest BCUT2D eigenvalue weighted by Gasteiger charge is -2.20. The van der Waals surface area contributed by atoms with Crippen LogP contribution < -0.4 is 4.72 Å². The first kappa shape index (κ1) is 19.4.